The van der Waals surface area contributed by atoms with Gasteiger partial charge in [-0.1, -0.05) is 0 Å². The van der Waals surface area contributed by atoms with E-state index in [9.17, 15) is 22.8 Å². The number of carbonyl (C=O) groups is 1. The molecule has 1 aliphatic rings. The molecule has 3 aromatic rings. The Bertz CT molecular complexity index is 1290. The number of H-pyrrole nitrogens is 1. The maximum atomic E-state index is 13.8. The van der Waals surface area contributed by atoms with E-state index in [4.69, 9.17) is 9.47 Å². The van der Waals surface area contributed by atoms with E-state index in [0.717, 1.165) is 6.07 Å². The molecule has 0 bridgehead atoms. The first-order valence-corrected chi connectivity index (χ1v) is 11.3. The fourth-order valence-corrected chi connectivity index (χ4v) is 4.37. The Morgan fingerprint density at radius 2 is 1.80 bits per heavy atom. The average molecular weight is 489 g/mol. The summed E-state index contributed by atoms with van der Waals surface area (Å²) < 4.78 is 52.9. The molecule has 7 nitrogen and oxygen atoms in total. The van der Waals surface area contributed by atoms with Gasteiger partial charge in [0.25, 0.3) is 11.5 Å². The monoisotopic (exact) mass is 489 g/mol. The van der Waals surface area contributed by atoms with Crippen LogP contribution in [-0.4, -0.2) is 46.1 Å². The number of hydrogen-bond acceptors (Lipinski definition) is 5. The number of aromatic amines is 1. The van der Waals surface area contributed by atoms with Crippen LogP contribution in [0.25, 0.3) is 10.9 Å². The molecule has 2 heterocycles. The molecule has 1 fully saturated rings. The molecule has 1 amide bonds. The third kappa shape index (κ3) is 5.32. The van der Waals surface area contributed by atoms with Crippen molar-refractivity contribution >= 4 is 16.8 Å². The number of aryl methyl sites for hydroxylation is 1. The van der Waals surface area contributed by atoms with Gasteiger partial charge in [0.1, 0.15) is 17.7 Å². The van der Waals surface area contributed by atoms with Crippen molar-refractivity contribution < 1.29 is 27.4 Å². The van der Waals surface area contributed by atoms with Crippen LogP contribution in [-0.2, 0) is 10.9 Å². The van der Waals surface area contributed by atoms with Gasteiger partial charge in [0.05, 0.1) is 28.7 Å². The highest BCUT2D eigenvalue weighted by Gasteiger charge is 2.36. The second kappa shape index (κ2) is 9.33. The molecule has 1 N–H and O–H groups in total. The number of morpholine rings is 1. The number of hydrogen-bond donors (Lipinski definition) is 1. The average Bonchev–Trinajstić information content (AvgIpc) is 2.77. The largest absolute Gasteiger partial charge is 0.486 e. The van der Waals surface area contributed by atoms with Gasteiger partial charge in [-0.15, -0.1) is 0 Å². The zero-order valence-corrected chi connectivity index (χ0v) is 19.8. The summed E-state index contributed by atoms with van der Waals surface area (Å²) in [5, 5.41) is 0.0453. The van der Waals surface area contributed by atoms with Gasteiger partial charge in [0.2, 0.25) is 0 Å². The molecule has 10 heteroatoms. The molecule has 4 rings (SSSR count). The summed E-state index contributed by atoms with van der Waals surface area (Å²) in [5.74, 6) is 0.368. The number of halogens is 3. The Balaban J connectivity index is 1.59. The fourth-order valence-electron chi connectivity index (χ4n) is 4.37. The number of nitrogens with zero attached hydrogens (tertiary/aromatic N) is 2. The van der Waals surface area contributed by atoms with E-state index in [-0.39, 0.29) is 40.4 Å². The van der Waals surface area contributed by atoms with Crippen molar-refractivity contribution in [2.75, 3.05) is 13.1 Å². The van der Waals surface area contributed by atoms with Crippen molar-refractivity contribution in [2.24, 2.45) is 0 Å². The smallest absolute Gasteiger partial charge is 0.416 e. The highest BCUT2D eigenvalue weighted by atomic mass is 19.4. The number of amides is 1. The predicted molar refractivity (Wildman–Crippen MR) is 124 cm³/mol. The van der Waals surface area contributed by atoms with E-state index >= 15 is 0 Å². The van der Waals surface area contributed by atoms with Crippen molar-refractivity contribution in [3.63, 3.8) is 0 Å². The third-order valence-corrected chi connectivity index (χ3v) is 5.86. The fraction of sp³-hybridized carbons (Fsp3) is 0.400. The van der Waals surface area contributed by atoms with Crippen LogP contribution in [0.5, 0.6) is 5.75 Å². The zero-order valence-electron chi connectivity index (χ0n) is 19.8. The summed E-state index contributed by atoms with van der Waals surface area (Å²) in [6.07, 6.45) is -5.83. The van der Waals surface area contributed by atoms with Gasteiger partial charge in [-0.2, -0.15) is 13.2 Å². The molecule has 186 valence electrons. The Morgan fingerprint density at radius 1 is 1.17 bits per heavy atom. The quantitative estimate of drug-likeness (QED) is 0.577. The third-order valence-electron chi connectivity index (χ3n) is 5.86. The number of rotatable bonds is 4. The summed E-state index contributed by atoms with van der Waals surface area (Å²) in [5.41, 5.74) is -1.22. The number of nitrogens with one attached hydrogen (secondary N) is 1. The number of benzene rings is 2. The van der Waals surface area contributed by atoms with E-state index in [2.05, 4.69) is 9.97 Å². The van der Waals surface area contributed by atoms with Crippen LogP contribution in [0.2, 0.25) is 0 Å². The van der Waals surface area contributed by atoms with Crippen LogP contribution in [0.3, 0.4) is 0 Å². The summed E-state index contributed by atoms with van der Waals surface area (Å²) in [7, 11) is 0. The molecule has 0 unspecified atom stereocenters. The lowest BCUT2D eigenvalue weighted by atomic mass is 9.99. The molecule has 2 aromatic carbocycles. The standard InChI is InChI=1S/C25H26F3N3O4/c1-13-11-31(12-14(2)34-13)24(33)17-5-7-18(8-6-17)35-15(3)19-9-20-22(10-21(19)25(26,27)28)29-16(4)30-23(20)32/h5-10,13-15H,11-12H2,1-4H3,(H,29,30,32)/t13-,14+,15-/m0/s1. The molecule has 1 aliphatic heterocycles. The van der Waals surface area contributed by atoms with Crippen LogP contribution in [0.4, 0.5) is 13.2 Å². The van der Waals surface area contributed by atoms with Crippen LogP contribution in [0.15, 0.2) is 41.2 Å². The number of aromatic nitrogens is 2. The first kappa shape index (κ1) is 24.7. The number of ether oxygens (including phenoxy) is 2. The molecule has 0 saturated carbocycles. The molecule has 1 saturated heterocycles. The Labute approximate surface area is 199 Å². The summed E-state index contributed by atoms with van der Waals surface area (Å²) in [6, 6.07) is 8.30. The molecule has 35 heavy (non-hydrogen) atoms. The first-order valence-electron chi connectivity index (χ1n) is 11.3. The molecule has 3 atom stereocenters. The predicted octanol–water partition coefficient (Wildman–Crippen LogP) is 4.64. The first-order chi connectivity index (χ1) is 16.4. The highest BCUT2D eigenvalue weighted by Crippen LogP contribution is 2.37. The number of carbonyl (C=O) groups excluding carboxylic acids is 1. The number of alkyl halides is 3. The van der Waals surface area contributed by atoms with Crippen LogP contribution in [0.1, 0.15) is 54.2 Å². The number of fused-ring (bicyclic) bond motifs is 1. The van der Waals surface area contributed by atoms with E-state index < -0.39 is 23.4 Å². The molecule has 1 aromatic heterocycles. The minimum absolute atomic E-state index is 0.0378. The van der Waals surface area contributed by atoms with Crippen molar-refractivity contribution in [3.05, 3.63) is 69.3 Å². The SMILES string of the molecule is Cc1nc2cc(C(F)(F)F)c([C@H](C)Oc3ccc(C(=O)N4C[C@@H](C)O[C@@H](C)C4)cc3)cc2c(=O)[nH]1. The second-order valence-corrected chi connectivity index (χ2v) is 8.86. The van der Waals surface area contributed by atoms with Gasteiger partial charge < -0.3 is 19.4 Å². The Morgan fingerprint density at radius 3 is 2.40 bits per heavy atom. The van der Waals surface area contributed by atoms with Gasteiger partial charge >= 0.3 is 6.18 Å². The molecule has 0 spiro atoms. The maximum absolute atomic E-state index is 13.8. The van der Waals surface area contributed by atoms with Gasteiger partial charge in [0, 0.05) is 24.2 Å². The summed E-state index contributed by atoms with van der Waals surface area (Å²) in [6.45, 7) is 7.75. The highest BCUT2D eigenvalue weighted by molar-refractivity contribution is 5.94. The summed E-state index contributed by atoms with van der Waals surface area (Å²) in [4.78, 5) is 33.4. The Kier molecular flexibility index (Phi) is 6.59. The molecular weight excluding hydrogens is 463 g/mol. The van der Waals surface area contributed by atoms with Crippen molar-refractivity contribution in [1.29, 1.82) is 0 Å². The lowest BCUT2D eigenvalue weighted by Crippen LogP contribution is -2.48. The van der Waals surface area contributed by atoms with Crippen LogP contribution >= 0.6 is 0 Å². The zero-order chi connectivity index (χ0) is 25.5. The second-order valence-electron chi connectivity index (χ2n) is 8.86. The van der Waals surface area contributed by atoms with Crippen LogP contribution in [0, 0.1) is 6.92 Å². The summed E-state index contributed by atoms with van der Waals surface area (Å²) >= 11 is 0. The Hall–Kier alpha value is -3.40. The van der Waals surface area contributed by atoms with Crippen molar-refractivity contribution in [3.8, 4) is 5.75 Å². The van der Waals surface area contributed by atoms with E-state index in [1.807, 2.05) is 13.8 Å². The normalized spacial score (nSPS) is 19.6. The molecule has 0 aliphatic carbocycles. The van der Waals surface area contributed by atoms with E-state index in [1.54, 1.807) is 29.2 Å². The molecule has 0 radical (unpaired) electrons. The maximum Gasteiger partial charge on any atom is 0.416 e. The van der Waals surface area contributed by atoms with Crippen LogP contribution < -0.4 is 10.3 Å². The van der Waals surface area contributed by atoms with Gasteiger partial charge in [-0.05, 0) is 64.1 Å². The van der Waals surface area contributed by atoms with Gasteiger partial charge in [0.15, 0.2) is 0 Å². The minimum Gasteiger partial charge on any atom is -0.486 e. The topological polar surface area (TPSA) is 84.5 Å². The van der Waals surface area contributed by atoms with Gasteiger partial charge in [-0.25, -0.2) is 4.98 Å². The molecular formula is C25H26F3N3O4. The van der Waals surface area contributed by atoms with Gasteiger partial charge in [-0.3, -0.25) is 9.59 Å². The lowest BCUT2D eigenvalue weighted by Gasteiger charge is -2.35. The minimum atomic E-state index is -4.66. The van der Waals surface area contributed by atoms with Crippen molar-refractivity contribution in [2.45, 2.75) is 52.2 Å². The van der Waals surface area contributed by atoms with Crippen molar-refractivity contribution in [1.82, 2.24) is 14.9 Å². The van der Waals surface area contributed by atoms with E-state index in [0.29, 0.717) is 24.4 Å². The lowest BCUT2D eigenvalue weighted by molar-refractivity contribution is -0.138. The van der Waals surface area contributed by atoms with E-state index in [1.165, 1.54) is 19.9 Å².